The molecule has 0 unspecified atom stereocenters. The molecule has 3 fully saturated rings. The van der Waals surface area contributed by atoms with Gasteiger partial charge in [0.25, 0.3) is 0 Å². The van der Waals surface area contributed by atoms with E-state index in [1.165, 1.54) is 13.8 Å². The molecule has 3 heterocycles. The Morgan fingerprint density at radius 1 is 1.12 bits per heavy atom. The van der Waals surface area contributed by atoms with Crippen molar-refractivity contribution in [2.45, 2.75) is 109 Å². The maximum atomic E-state index is 12.4. The van der Waals surface area contributed by atoms with Crippen LogP contribution in [0.15, 0.2) is 12.2 Å². The summed E-state index contributed by atoms with van der Waals surface area (Å²) in [7, 11) is 0. The number of fused-ring (bicyclic) bond motifs is 3. The van der Waals surface area contributed by atoms with E-state index in [0.29, 0.717) is 37.7 Å². The molecule has 0 saturated carbocycles. The molecular formula is C24H36O8. The van der Waals surface area contributed by atoms with Crippen molar-refractivity contribution in [3.63, 3.8) is 0 Å². The quantitative estimate of drug-likeness (QED) is 0.387. The largest absolute Gasteiger partial charge is 0.458 e. The average Bonchev–Trinajstić information content (AvgIpc) is 2.94. The van der Waals surface area contributed by atoms with Gasteiger partial charge in [0.2, 0.25) is 0 Å². The van der Waals surface area contributed by atoms with E-state index >= 15 is 0 Å². The van der Waals surface area contributed by atoms with Crippen molar-refractivity contribution >= 4 is 17.9 Å². The Hall–Kier alpha value is -1.93. The predicted molar refractivity (Wildman–Crippen MR) is 114 cm³/mol. The highest BCUT2D eigenvalue weighted by Crippen LogP contribution is 2.44. The summed E-state index contributed by atoms with van der Waals surface area (Å²) in [6, 6.07) is 0. The molecule has 1 N–H and O–H groups in total. The summed E-state index contributed by atoms with van der Waals surface area (Å²) in [5, 5.41) is 11.1. The Balaban J connectivity index is 2.01. The van der Waals surface area contributed by atoms with Crippen molar-refractivity contribution in [1.82, 2.24) is 0 Å². The first kappa shape index (κ1) is 24.7. The number of esters is 3. The van der Waals surface area contributed by atoms with E-state index in [1.807, 2.05) is 13.8 Å². The lowest BCUT2D eigenvalue weighted by Crippen LogP contribution is -2.57. The molecule has 3 aliphatic heterocycles. The van der Waals surface area contributed by atoms with Crippen LogP contribution in [0.3, 0.4) is 0 Å². The van der Waals surface area contributed by atoms with Gasteiger partial charge in [-0.3, -0.25) is 9.59 Å². The number of hydrogen-bond donors (Lipinski definition) is 1. The minimum atomic E-state index is -1.14. The van der Waals surface area contributed by atoms with Gasteiger partial charge in [-0.2, -0.15) is 0 Å². The van der Waals surface area contributed by atoms with Gasteiger partial charge in [0.15, 0.2) is 0 Å². The second kappa shape index (κ2) is 9.14. The van der Waals surface area contributed by atoms with Gasteiger partial charge in [-0.1, -0.05) is 13.5 Å². The normalized spacial score (nSPS) is 42.7. The van der Waals surface area contributed by atoms with Crippen LogP contribution >= 0.6 is 0 Å². The van der Waals surface area contributed by atoms with Crippen LogP contribution in [0.2, 0.25) is 0 Å². The molecule has 0 amide bonds. The monoisotopic (exact) mass is 452 g/mol. The van der Waals surface area contributed by atoms with Crippen LogP contribution in [0.1, 0.15) is 73.1 Å². The Kier molecular flexibility index (Phi) is 7.05. The third-order valence-corrected chi connectivity index (χ3v) is 7.33. The molecule has 3 saturated heterocycles. The minimum absolute atomic E-state index is 0.104. The van der Waals surface area contributed by atoms with E-state index in [4.69, 9.17) is 18.9 Å². The molecule has 32 heavy (non-hydrogen) atoms. The van der Waals surface area contributed by atoms with Crippen molar-refractivity contribution in [3.8, 4) is 0 Å². The first-order valence-corrected chi connectivity index (χ1v) is 11.5. The summed E-state index contributed by atoms with van der Waals surface area (Å²) >= 11 is 0. The third kappa shape index (κ3) is 5.01. The molecule has 2 bridgehead atoms. The third-order valence-electron chi connectivity index (χ3n) is 7.33. The number of ether oxygens (including phenoxy) is 4. The van der Waals surface area contributed by atoms with Crippen molar-refractivity contribution in [2.24, 2.45) is 11.8 Å². The van der Waals surface area contributed by atoms with Gasteiger partial charge < -0.3 is 24.1 Å². The molecule has 0 aromatic rings. The molecule has 180 valence electrons. The minimum Gasteiger partial charge on any atom is -0.458 e. The van der Waals surface area contributed by atoms with Crippen LogP contribution in [-0.2, 0) is 33.3 Å². The first-order valence-electron chi connectivity index (χ1n) is 11.5. The van der Waals surface area contributed by atoms with E-state index in [9.17, 15) is 19.5 Å². The van der Waals surface area contributed by atoms with Crippen molar-refractivity contribution < 1.29 is 38.4 Å². The standard InChI is InChI=1S/C24H36O8/c1-13-8-7-10-24(6,32-16(4)26)18-9-11-23(5,28)19(30-18)12-17-14(2)22(27)31-21(17)20(13)29-15(3)25/h13,17-21,28H,2,7-12H2,1,3-6H3/t13-,17-,18+,19+,20+,21+,23+,24-/m0/s1. The number of hydrogen-bond acceptors (Lipinski definition) is 8. The molecule has 8 nitrogen and oxygen atoms in total. The summed E-state index contributed by atoms with van der Waals surface area (Å²) in [5.74, 6) is -1.93. The molecule has 8 heteroatoms. The van der Waals surface area contributed by atoms with Gasteiger partial charge in [-0.05, 0) is 58.3 Å². The van der Waals surface area contributed by atoms with Gasteiger partial charge in [-0.15, -0.1) is 0 Å². The summed E-state index contributed by atoms with van der Waals surface area (Å²) in [4.78, 5) is 36.2. The van der Waals surface area contributed by atoms with E-state index in [1.54, 1.807) is 6.92 Å². The maximum Gasteiger partial charge on any atom is 0.334 e. The summed E-state index contributed by atoms with van der Waals surface area (Å²) in [5.41, 5.74) is -1.70. The molecule has 0 aliphatic carbocycles. The lowest BCUT2D eigenvalue weighted by Gasteiger charge is -2.48. The van der Waals surface area contributed by atoms with Crippen LogP contribution in [0.25, 0.3) is 0 Å². The zero-order valence-electron chi connectivity index (χ0n) is 19.7. The fourth-order valence-electron chi connectivity index (χ4n) is 5.43. The van der Waals surface area contributed by atoms with Crippen molar-refractivity contribution in [2.75, 3.05) is 0 Å². The number of rotatable bonds is 2. The SMILES string of the molecule is C=C1C(=O)O[C@H]2[C@H](OC(C)=O)[C@@H](C)CCC[C@](C)(OC(C)=O)[C@H]3CC[C@@](C)(O)[C@@H](C[C@@H]12)O3. The van der Waals surface area contributed by atoms with Crippen LogP contribution in [0.5, 0.6) is 0 Å². The zero-order chi connectivity index (χ0) is 23.8. The van der Waals surface area contributed by atoms with Gasteiger partial charge in [-0.25, -0.2) is 4.79 Å². The second-order valence-corrected chi connectivity index (χ2v) is 10.1. The topological polar surface area (TPSA) is 108 Å². The lowest BCUT2D eigenvalue weighted by atomic mass is 9.75. The van der Waals surface area contributed by atoms with Crippen LogP contribution in [0.4, 0.5) is 0 Å². The lowest BCUT2D eigenvalue weighted by molar-refractivity contribution is -0.231. The number of carbonyl (C=O) groups excluding carboxylic acids is 3. The van der Waals surface area contributed by atoms with E-state index in [2.05, 4.69) is 6.58 Å². The highest BCUT2D eigenvalue weighted by Gasteiger charge is 2.53. The molecule has 0 radical (unpaired) electrons. The number of aliphatic hydroxyl groups is 1. The average molecular weight is 453 g/mol. The Morgan fingerprint density at radius 2 is 1.81 bits per heavy atom. The van der Waals surface area contributed by atoms with E-state index in [-0.39, 0.29) is 24.4 Å². The molecule has 3 rings (SSSR count). The Bertz CT molecular complexity index is 774. The Morgan fingerprint density at radius 3 is 2.44 bits per heavy atom. The van der Waals surface area contributed by atoms with Gasteiger partial charge in [0.05, 0.1) is 17.8 Å². The Labute approximate surface area is 189 Å². The molecular weight excluding hydrogens is 416 g/mol. The molecule has 0 aromatic carbocycles. The van der Waals surface area contributed by atoms with Crippen LogP contribution in [0, 0.1) is 11.8 Å². The number of carbonyl (C=O) groups is 3. The first-order chi connectivity index (χ1) is 14.8. The van der Waals surface area contributed by atoms with Crippen molar-refractivity contribution in [3.05, 3.63) is 12.2 Å². The predicted octanol–water partition coefficient (Wildman–Crippen LogP) is 2.85. The van der Waals surface area contributed by atoms with Gasteiger partial charge in [0.1, 0.15) is 17.8 Å². The fourth-order valence-corrected chi connectivity index (χ4v) is 5.43. The van der Waals surface area contributed by atoms with Gasteiger partial charge >= 0.3 is 17.9 Å². The van der Waals surface area contributed by atoms with Crippen LogP contribution in [-0.4, -0.2) is 58.6 Å². The smallest absolute Gasteiger partial charge is 0.334 e. The van der Waals surface area contributed by atoms with E-state index < -0.39 is 47.4 Å². The molecule has 3 aliphatic rings. The fraction of sp³-hybridized carbons (Fsp3) is 0.792. The highest BCUT2D eigenvalue weighted by molar-refractivity contribution is 5.91. The zero-order valence-corrected chi connectivity index (χ0v) is 19.7. The van der Waals surface area contributed by atoms with Crippen LogP contribution < -0.4 is 0 Å². The maximum absolute atomic E-state index is 12.4. The second-order valence-electron chi connectivity index (χ2n) is 10.1. The van der Waals surface area contributed by atoms with Crippen molar-refractivity contribution in [1.29, 1.82) is 0 Å². The summed E-state index contributed by atoms with van der Waals surface area (Å²) in [6.07, 6.45) is 0.848. The van der Waals surface area contributed by atoms with Gasteiger partial charge in [0, 0.05) is 25.3 Å². The summed E-state index contributed by atoms with van der Waals surface area (Å²) < 4.78 is 23.4. The highest BCUT2D eigenvalue weighted by atomic mass is 16.6. The summed E-state index contributed by atoms with van der Waals surface area (Å²) in [6.45, 7) is 12.2. The molecule has 8 atom stereocenters. The molecule has 0 spiro atoms. The molecule has 0 aromatic heterocycles. The van der Waals surface area contributed by atoms with E-state index in [0.717, 1.165) is 0 Å².